The first-order valence-corrected chi connectivity index (χ1v) is 7.22. The minimum Gasteiger partial charge on any atom is -0.314 e. The van der Waals surface area contributed by atoms with Gasteiger partial charge in [0.25, 0.3) is 0 Å². The summed E-state index contributed by atoms with van der Waals surface area (Å²) in [6, 6.07) is 2.64. The third-order valence-corrected chi connectivity index (χ3v) is 4.56. The maximum Gasteiger partial charge on any atom is 0.0489 e. The summed E-state index contributed by atoms with van der Waals surface area (Å²) in [6.07, 6.45) is 12.7. The molecule has 2 aliphatic carbocycles. The number of nitrogens with zero attached hydrogens (tertiary/aromatic N) is 2. The summed E-state index contributed by atoms with van der Waals surface area (Å²) < 4.78 is 2.01. The van der Waals surface area contributed by atoms with Crippen LogP contribution in [0.3, 0.4) is 0 Å². The third-order valence-electron chi connectivity index (χ3n) is 4.56. The van der Waals surface area contributed by atoms with Crippen molar-refractivity contribution in [2.75, 3.05) is 6.54 Å². The number of hydrogen-bond acceptors (Lipinski definition) is 2. The van der Waals surface area contributed by atoms with Crippen LogP contribution in [0, 0.1) is 17.8 Å². The Morgan fingerprint density at radius 2 is 2.33 bits per heavy atom. The quantitative estimate of drug-likeness (QED) is 0.616. The molecule has 4 unspecified atom stereocenters. The average Bonchev–Trinajstić information content (AvgIpc) is 3.10. The summed E-state index contributed by atoms with van der Waals surface area (Å²) >= 11 is 0. The fourth-order valence-corrected chi connectivity index (χ4v) is 3.55. The van der Waals surface area contributed by atoms with Crippen LogP contribution < -0.4 is 5.32 Å². The Labute approximate surface area is 109 Å². The van der Waals surface area contributed by atoms with Gasteiger partial charge in [0.1, 0.15) is 0 Å². The van der Waals surface area contributed by atoms with Crippen LogP contribution in [-0.2, 0) is 6.54 Å². The molecule has 0 spiro atoms. The molecular formula is C15H23N3. The van der Waals surface area contributed by atoms with Gasteiger partial charge >= 0.3 is 0 Å². The maximum atomic E-state index is 4.22. The zero-order valence-electron chi connectivity index (χ0n) is 11.1. The molecule has 2 aliphatic rings. The van der Waals surface area contributed by atoms with Gasteiger partial charge in [-0.3, -0.25) is 4.68 Å². The molecule has 3 heteroatoms. The van der Waals surface area contributed by atoms with E-state index in [9.17, 15) is 0 Å². The van der Waals surface area contributed by atoms with Crippen LogP contribution in [0.2, 0.25) is 0 Å². The first kappa shape index (κ1) is 12.0. The molecule has 18 heavy (non-hydrogen) atoms. The maximum absolute atomic E-state index is 4.22. The number of allylic oxidation sites excluding steroid dienone is 2. The van der Waals surface area contributed by atoms with E-state index in [1.807, 2.05) is 23.1 Å². The molecule has 98 valence electrons. The fraction of sp³-hybridized carbons (Fsp3) is 0.667. The summed E-state index contributed by atoms with van der Waals surface area (Å²) in [5.74, 6) is 2.60. The monoisotopic (exact) mass is 245 g/mol. The van der Waals surface area contributed by atoms with Crippen molar-refractivity contribution in [3.8, 4) is 0 Å². The molecule has 0 aliphatic heterocycles. The van der Waals surface area contributed by atoms with Crippen molar-refractivity contribution in [3.63, 3.8) is 0 Å². The predicted octanol–water partition coefficient (Wildman–Crippen LogP) is 2.46. The minimum absolute atomic E-state index is 0.655. The summed E-state index contributed by atoms with van der Waals surface area (Å²) in [7, 11) is 0. The van der Waals surface area contributed by atoms with E-state index in [4.69, 9.17) is 0 Å². The Morgan fingerprint density at radius 1 is 1.39 bits per heavy atom. The molecule has 1 aromatic heterocycles. The van der Waals surface area contributed by atoms with Gasteiger partial charge in [-0.2, -0.15) is 5.10 Å². The molecular weight excluding hydrogens is 222 g/mol. The zero-order chi connectivity index (χ0) is 12.4. The van der Waals surface area contributed by atoms with Crippen LogP contribution in [0.25, 0.3) is 0 Å². The number of fused-ring (bicyclic) bond motifs is 2. The predicted molar refractivity (Wildman–Crippen MR) is 73.2 cm³/mol. The molecule has 1 aromatic rings. The second-order valence-corrected chi connectivity index (χ2v) is 5.81. The molecule has 0 saturated heterocycles. The van der Waals surface area contributed by atoms with Gasteiger partial charge in [-0.15, -0.1) is 0 Å². The van der Waals surface area contributed by atoms with E-state index in [0.29, 0.717) is 6.04 Å². The van der Waals surface area contributed by atoms with E-state index in [-0.39, 0.29) is 0 Å². The summed E-state index contributed by atoms with van der Waals surface area (Å²) in [5, 5.41) is 7.92. The number of aromatic nitrogens is 2. The highest BCUT2D eigenvalue weighted by Crippen LogP contribution is 2.44. The lowest BCUT2D eigenvalue weighted by atomic mass is 9.87. The van der Waals surface area contributed by atoms with Crippen LogP contribution >= 0.6 is 0 Å². The fourth-order valence-electron chi connectivity index (χ4n) is 3.55. The van der Waals surface area contributed by atoms with Crippen LogP contribution in [0.4, 0.5) is 0 Å². The third kappa shape index (κ3) is 2.51. The second-order valence-electron chi connectivity index (χ2n) is 5.81. The standard InChI is InChI=1S/C15H23N3/c1-12(15-11-13-4-5-14(15)10-13)16-6-2-8-18-9-3-7-17-18/h3-5,7,9,12-16H,2,6,8,10-11H2,1H3. The molecule has 0 radical (unpaired) electrons. The van der Waals surface area contributed by atoms with Gasteiger partial charge in [0.05, 0.1) is 0 Å². The minimum atomic E-state index is 0.655. The highest BCUT2D eigenvalue weighted by Gasteiger charge is 2.38. The lowest BCUT2D eigenvalue weighted by Crippen LogP contribution is -2.36. The van der Waals surface area contributed by atoms with Gasteiger partial charge in [0.15, 0.2) is 0 Å². The summed E-state index contributed by atoms with van der Waals surface area (Å²) in [4.78, 5) is 0. The van der Waals surface area contributed by atoms with Crippen molar-refractivity contribution in [3.05, 3.63) is 30.6 Å². The van der Waals surface area contributed by atoms with Gasteiger partial charge in [0, 0.05) is 25.0 Å². The zero-order valence-corrected chi connectivity index (χ0v) is 11.1. The Balaban J connectivity index is 1.37. The van der Waals surface area contributed by atoms with Gasteiger partial charge < -0.3 is 5.32 Å². The summed E-state index contributed by atoms with van der Waals surface area (Å²) in [6.45, 7) is 4.47. The van der Waals surface area contributed by atoms with Gasteiger partial charge in [-0.1, -0.05) is 12.2 Å². The molecule has 1 heterocycles. The van der Waals surface area contributed by atoms with E-state index in [2.05, 4.69) is 29.5 Å². The van der Waals surface area contributed by atoms with Crippen LogP contribution in [-0.4, -0.2) is 22.4 Å². The second kappa shape index (κ2) is 5.27. The van der Waals surface area contributed by atoms with E-state index in [1.54, 1.807) is 0 Å². The topological polar surface area (TPSA) is 29.9 Å². The van der Waals surface area contributed by atoms with E-state index >= 15 is 0 Å². The largest absolute Gasteiger partial charge is 0.314 e. The van der Waals surface area contributed by atoms with Crippen LogP contribution in [0.1, 0.15) is 26.2 Å². The highest BCUT2D eigenvalue weighted by atomic mass is 15.3. The van der Waals surface area contributed by atoms with Gasteiger partial charge in [0.2, 0.25) is 0 Å². The molecule has 3 nitrogen and oxygen atoms in total. The van der Waals surface area contributed by atoms with Crippen molar-refractivity contribution < 1.29 is 0 Å². The van der Waals surface area contributed by atoms with E-state index < -0.39 is 0 Å². The van der Waals surface area contributed by atoms with E-state index in [0.717, 1.165) is 37.3 Å². The number of nitrogens with one attached hydrogen (secondary N) is 1. The Kier molecular flexibility index (Phi) is 3.50. The number of hydrogen-bond donors (Lipinski definition) is 1. The first-order chi connectivity index (χ1) is 8.83. The first-order valence-electron chi connectivity index (χ1n) is 7.22. The molecule has 1 saturated carbocycles. The van der Waals surface area contributed by atoms with Crippen molar-refractivity contribution in [2.45, 2.75) is 38.8 Å². The average molecular weight is 245 g/mol. The van der Waals surface area contributed by atoms with Gasteiger partial charge in [-0.05, 0) is 56.6 Å². The Bertz CT molecular complexity index is 396. The number of rotatable bonds is 6. The Morgan fingerprint density at radius 3 is 3.00 bits per heavy atom. The van der Waals surface area contributed by atoms with Gasteiger partial charge in [-0.25, -0.2) is 0 Å². The normalized spacial score (nSPS) is 31.1. The van der Waals surface area contributed by atoms with Crippen molar-refractivity contribution in [1.29, 1.82) is 0 Å². The molecule has 4 atom stereocenters. The van der Waals surface area contributed by atoms with Crippen molar-refractivity contribution >= 4 is 0 Å². The number of aryl methyl sites for hydroxylation is 1. The van der Waals surface area contributed by atoms with Crippen LogP contribution in [0.5, 0.6) is 0 Å². The molecule has 1 fully saturated rings. The summed E-state index contributed by atoms with van der Waals surface area (Å²) in [5.41, 5.74) is 0. The molecule has 3 rings (SSSR count). The molecule has 0 aromatic carbocycles. The smallest absolute Gasteiger partial charge is 0.0489 e. The molecule has 1 N–H and O–H groups in total. The van der Waals surface area contributed by atoms with Crippen LogP contribution in [0.15, 0.2) is 30.6 Å². The SMILES string of the molecule is CC(NCCCn1cccn1)C1CC2C=CC1C2. The molecule has 0 amide bonds. The van der Waals surface area contributed by atoms with Crippen molar-refractivity contribution in [1.82, 2.24) is 15.1 Å². The molecule has 2 bridgehead atoms. The lowest BCUT2D eigenvalue weighted by Gasteiger charge is -2.26. The van der Waals surface area contributed by atoms with Crippen molar-refractivity contribution in [2.24, 2.45) is 17.8 Å². The highest BCUT2D eigenvalue weighted by molar-refractivity contribution is 5.11. The Hall–Kier alpha value is -1.09. The lowest BCUT2D eigenvalue weighted by molar-refractivity contribution is 0.324. The van der Waals surface area contributed by atoms with E-state index in [1.165, 1.54) is 12.8 Å².